The molecule has 4 aromatic rings. The van der Waals surface area contributed by atoms with Gasteiger partial charge in [0, 0.05) is 41.3 Å². The lowest BCUT2D eigenvalue weighted by Crippen LogP contribution is -2.29. The molecule has 0 unspecified atom stereocenters. The molecule has 1 aliphatic rings. The number of aliphatic imine (C=N–C) groups is 1. The number of hydrogen-bond donors (Lipinski definition) is 0. The highest BCUT2D eigenvalue weighted by Gasteiger charge is 2.28. The molecule has 0 radical (unpaired) electrons. The number of esters is 1. The summed E-state index contributed by atoms with van der Waals surface area (Å²) in [6.45, 7) is 5.08. The van der Waals surface area contributed by atoms with E-state index in [1.165, 1.54) is 10.4 Å². The predicted octanol–water partition coefficient (Wildman–Crippen LogP) is 8.23. The Balaban J connectivity index is 1.33. The second-order valence-corrected chi connectivity index (χ2v) is 11.5. The molecule has 0 bridgehead atoms. The standard InChI is InChI=1S/C31H28BrClN2O3S/c1-2-37-31(36)29-24-14-15-35(18-21-8-4-3-5-9-21)19-28(24)39-30(29)34-17-22-12-13-27(25(32)16-22)38-20-23-10-6-7-11-26(23)33/h3-13,16-17H,2,14-15,18-20H2,1H3. The van der Waals surface area contributed by atoms with Gasteiger partial charge < -0.3 is 9.47 Å². The maximum Gasteiger partial charge on any atom is 0.341 e. The Morgan fingerprint density at radius 3 is 2.69 bits per heavy atom. The van der Waals surface area contributed by atoms with Crippen LogP contribution in [0.15, 0.2) is 82.3 Å². The van der Waals surface area contributed by atoms with Crippen LogP contribution in [0, 0.1) is 0 Å². The number of hydrogen-bond acceptors (Lipinski definition) is 6. The maximum atomic E-state index is 13.0. The third-order valence-corrected chi connectivity index (χ3v) is 8.59. The van der Waals surface area contributed by atoms with E-state index >= 15 is 0 Å². The Kier molecular flexibility index (Phi) is 9.14. The summed E-state index contributed by atoms with van der Waals surface area (Å²) in [7, 11) is 0. The van der Waals surface area contributed by atoms with Gasteiger partial charge in [-0.15, -0.1) is 11.3 Å². The molecule has 0 N–H and O–H groups in total. The molecule has 0 spiro atoms. The van der Waals surface area contributed by atoms with Crippen molar-refractivity contribution in [2.75, 3.05) is 13.2 Å². The molecule has 200 valence electrons. The van der Waals surface area contributed by atoms with Crippen molar-refractivity contribution in [3.05, 3.63) is 115 Å². The fraction of sp³-hybridized carbons (Fsp3) is 0.226. The summed E-state index contributed by atoms with van der Waals surface area (Å²) in [5.41, 5.74) is 4.77. The van der Waals surface area contributed by atoms with Crippen molar-refractivity contribution in [1.82, 2.24) is 4.90 Å². The van der Waals surface area contributed by atoms with Gasteiger partial charge in [0.2, 0.25) is 0 Å². The molecule has 0 saturated heterocycles. The minimum atomic E-state index is -0.303. The lowest BCUT2D eigenvalue weighted by atomic mass is 10.0. The second-order valence-electron chi connectivity index (χ2n) is 9.18. The monoisotopic (exact) mass is 622 g/mol. The molecule has 1 aliphatic heterocycles. The first-order valence-corrected chi connectivity index (χ1v) is 14.8. The van der Waals surface area contributed by atoms with Crippen molar-refractivity contribution >= 4 is 56.1 Å². The summed E-state index contributed by atoms with van der Waals surface area (Å²) in [6.07, 6.45) is 2.58. The summed E-state index contributed by atoms with van der Waals surface area (Å²) < 4.78 is 12.2. The molecule has 0 fully saturated rings. The van der Waals surface area contributed by atoms with E-state index in [1.54, 1.807) is 17.6 Å². The number of benzene rings is 3. The smallest absolute Gasteiger partial charge is 0.341 e. The maximum absolute atomic E-state index is 13.0. The average molecular weight is 624 g/mol. The molecule has 0 saturated carbocycles. The minimum absolute atomic E-state index is 0.303. The third kappa shape index (κ3) is 6.79. The Hall–Kier alpha value is -2.97. The number of carbonyl (C=O) groups is 1. The van der Waals surface area contributed by atoms with Gasteiger partial charge in [-0.1, -0.05) is 60.1 Å². The van der Waals surface area contributed by atoms with Crippen molar-refractivity contribution in [1.29, 1.82) is 0 Å². The van der Waals surface area contributed by atoms with Crippen LogP contribution in [-0.2, 0) is 30.9 Å². The number of fused-ring (bicyclic) bond motifs is 1. The van der Waals surface area contributed by atoms with Crippen molar-refractivity contribution in [2.24, 2.45) is 4.99 Å². The van der Waals surface area contributed by atoms with Crippen molar-refractivity contribution in [2.45, 2.75) is 33.0 Å². The first-order valence-electron chi connectivity index (χ1n) is 12.8. The minimum Gasteiger partial charge on any atom is -0.488 e. The Morgan fingerprint density at radius 2 is 1.92 bits per heavy atom. The van der Waals surface area contributed by atoms with Crippen LogP contribution in [0.1, 0.15) is 44.4 Å². The second kappa shape index (κ2) is 12.9. The van der Waals surface area contributed by atoms with Crippen LogP contribution in [0.25, 0.3) is 0 Å². The number of rotatable bonds is 9. The van der Waals surface area contributed by atoms with E-state index in [9.17, 15) is 4.79 Å². The van der Waals surface area contributed by atoms with Crippen LogP contribution < -0.4 is 4.74 Å². The molecule has 39 heavy (non-hydrogen) atoms. The van der Waals surface area contributed by atoms with E-state index in [0.29, 0.717) is 34.6 Å². The first-order chi connectivity index (χ1) is 19.0. The van der Waals surface area contributed by atoms with Gasteiger partial charge >= 0.3 is 5.97 Å². The van der Waals surface area contributed by atoms with Crippen LogP contribution in [0.4, 0.5) is 5.00 Å². The van der Waals surface area contributed by atoms with Crippen LogP contribution in [-0.4, -0.2) is 30.2 Å². The summed E-state index contributed by atoms with van der Waals surface area (Å²) >= 11 is 11.4. The van der Waals surface area contributed by atoms with E-state index in [-0.39, 0.29) is 5.97 Å². The number of carbonyl (C=O) groups excluding carboxylic acids is 1. The molecule has 0 amide bonds. The Bertz CT molecular complexity index is 1490. The molecule has 2 heterocycles. The molecular formula is C31H28BrClN2O3S. The number of ether oxygens (including phenoxy) is 2. The zero-order valence-electron chi connectivity index (χ0n) is 21.5. The molecule has 0 aliphatic carbocycles. The molecule has 3 aromatic carbocycles. The quantitative estimate of drug-likeness (QED) is 0.139. The highest BCUT2D eigenvalue weighted by molar-refractivity contribution is 9.10. The van der Waals surface area contributed by atoms with Crippen LogP contribution in [0.3, 0.4) is 0 Å². The van der Waals surface area contributed by atoms with Crippen LogP contribution >= 0.6 is 38.9 Å². The molecule has 5 nitrogen and oxygen atoms in total. The highest BCUT2D eigenvalue weighted by atomic mass is 79.9. The van der Waals surface area contributed by atoms with Crippen LogP contribution in [0.2, 0.25) is 5.02 Å². The predicted molar refractivity (Wildman–Crippen MR) is 162 cm³/mol. The third-order valence-electron chi connectivity index (χ3n) is 6.47. The largest absolute Gasteiger partial charge is 0.488 e. The van der Waals surface area contributed by atoms with E-state index < -0.39 is 0 Å². The number of nitrogens with zero attached hydrogens (tertiary/aromatic N) is 2. The normalized spacial score (nSPS) is 13.4. The number of thiophene rings is 1. The fourth-order valence-corrected chi connectivity index (χ4v) is 6.46. The van der Waals surface area contributed by atoms with Crippen molar-refractivity contribution < 1.29 is 14.3 Å². The summed E-state index contributed by atoms with van der Waals surface area (Å²) in [5.74, 6) is 0.410. The van der Waals surface area contributed by atoms with Gasteiger partial charge in [0.1, 0.15) is 17.4 Å². The Labute approximate surface area is 246 Å². The van der Waals surface area contributed by atoms with Gasteiger partial charge in [0.25, 0.3) is 0 Å². The summed E-state index contributed by atoms with van der Waals surface area (Å²) in [5, 5.41) is 1.37. The lowest BCUT2D eigenvalue weighted by Gasteiger charge is -2.27. The number of halogens is 2. The Morgan fingerprint density at radius 1 is 1.13 bits per heavy atom. The van der Waals surface area contributed by atoms with Gasteiger partial charge in [-0.05, 0) is 70.2 Å². The fourth-order valence-electron chi connectivity index (χ4n) is 4.54. The van der Waals surface area contributed by atoms with Crippen molar-refractivity contribution in [3.8, 4) is 5.75 Å². The van der Waals surface area contributed by atoms with Gasteiger partial charge in [-0.25, -0.2) is 9.79 Å². The molecule has 8 heteroatoms. The zero-order chi connectivity index (χ0) is 27.2. The van der Waals surface area contributed by atoms with Gasteiger partial charge in [-0.3, -0.25) is 4.90 Å². The topological polar surface area (TPSA) is 51.1 Å². The lowest BCUT2D eigenvalue weighted by molar-refractivity contribution is 0.0526. The van der Waals surface area contributed by atoms with E-state index in [2.05, 4.69) is 45.1 Å². The molecule has 1 aromatic heterocycles. The van der Waals surface area contributed by atoms with Crippen LogP contribution in [0.5, 0.6) is 5.75 Å². The molecule has 5 rings (SSSR count). The summed E-state index contributed by atoms with van der Waals surface area (Å²) in [4.78, 5) is 21.3. The highest BCUT2D eigenvalue weighted by Crippen LogP contribution is 2.40. The van der Waals surface area contributed by atoms with E-state index in [0.717, 1.165) is 47.2 Å². The average Bonchev–Trinajstić information content (AvgIpc) is 3.30. The first kappa shape index (κ1) is 27.6. The molecular weight excluding hydrogens is 596 g/mol. The van der Waals surface area contributed by atoms with Gasteiger partial charge in [0.05, 0.1) is 16.6 Å². The van der Waals surface area contributed by atoms with Gasteiger partial charge in [-0.2, -0.15) is 0 Å². The molecule has 0 atom stereocenters. The van der Waals surface area contributed by atoms with E-state index in [1.807, 2.05) is 55.5 Å². The summed E-state index contributed by atoms with van der Waals surface area (Å²) in [6, 6.07) is 23.9. The SMILES string of the molecule is CCOC(=O)c1c(N=Cc2ccc(OCc3ccccc3Cl)c(Br)c2)sc2c1CCN(Cc1ccccc1)C2. The zero-order valence-corrected chi connectivity index (χ0v) is 24.7. The van der Waals surface area contributed by atoms with Crippen molar-refractivity contribution in [3.63, 3.8) is 0 Å². The van der Waals surface area contributed by atoms with E-state index in [4.69, 9.17) is 26.1 Å². The van der Waals surface area contributed by atoms with Gasteiger partial charge in [0.15, 0.2) is 0 Å².